The van der Waals surface area contributed by atoms with Gasteiger partial charge in [0.1, 0.15) is 18.1 Å². The molecule has 0 aromatic heterocycles. The lowest BCUT2D eigenvalue weighted by atomic mass is 10.0. The number of benzene rings is 1. The molecule has 23 heteroatoms. The van der Waals surface area contributed by atoms with E-state index in [-0.39, 0.29) is 36.6 Å². The van der Waals surface area contributed by atoms with E-state index in [2.05, 4.69) is 0 Å². The average Bonchev–Trinajstić information content (AvgIpc) is 3.23. The first kappa shape index (κ1) is 59.2. The highest BCUT2D eigenvalue weighted by atomic mass is 16.7. The van der Waals surface area contributed by atoms with Gasteiger partial charge in [0.15, 0.2) is 54.9 Å². The van der Waals surface area contributed by atoms with Crippen molar-refractivity contribution in [2.24, 2.45) is 0 Å². The summed E-state index contributed by atoms with van der Waals surface area (Å²) >= 11 is 0. The number of nitrogens with zero attached hydrogens (tertiary/aromatic N) is 1. The van der Waals surface area contributed by atoms with E-state index >= 15 is 0 Å². The summed E-state index contributed by atoms with van der Waals surface area (Å²) in [5.41, 5.74) is 1.30. The molecule has 0 aliphatic heterocycles. The lowest BCUT2D eigenvalue weighted by Gasteiger charge is -2.30. The second kappa shape index (κ2) is 27.1. The smallest absolute Gasteiger partial charge is 0.352 e. The van der Waals surface area contributed by atoms with Crippen molar-refractivity contribution in [3.63, 3.8) is 0 Å². The van der Waals surface area contributed by atoms with Crippen molar-refractivity contribution in [3.05, 3.63) is 22.8 Å². The van der Waals surface area contributed by atoms with Gasteiger partial charge in [0, 0.05) is 26.8 Å². The zero-order valence-corrected chi connectivity index (χ0v) is 41.2. The minimum absolute atomic E-state index is 0.103. The molecular formula is C45H63NO22. The zero-order valence-electron chi connectivity index (χ0n) is 41.2. The van der Waals surface area contributed by atoms with Crippen molar-refractivity contribution >= 4 is 65.6 Å². The molecular weight excluding hydrogens is 906 g/mol. The maximum Gasteiger partial charge on any atom is 0.352 e. The summed E-state index contributed by atoms with van der Waals surface area (Å²) in [6.07, 6.45) is -12.9. The Morgan fingerprint density at radius 2 is 0.750 bits per heavy atom. The molecule has 0 saturated carbocycles. The Hall–Kier alpha value is -6.81. The van der Waals surface area contributed by atoms with Crippen molar-refractivity contribution in [1.29, 1.82) is 0 Å². The van der Waals surface area contributed by atoms with Crippen LogP contribution in [0.5, 0.6) is 11.5 Å². The molecule has 1 aromatic rings. The van der Waals surface area contributed by atoms with Crippen LogP contribution in [0.3, 0.4) is 0 Å². The Balaban J connectivity index is 3.05. The highest BCUT2D eigenvalue weighted by Gasteiger charge is 2.34. The average molecular weight is 970 g/mol. The third-order valence-electron chi connectivity index (χ3n) is 9.42. The number of carbonyl (C=O) groups excluding carboxylic acids is 11. The molecule has 380 valence electrons. The number of ether oxygens (including phenoxy) is 11. The molecule has 0 aliphatic carbocycles. The number of esters is 10. The lowest BCUT2D eigenvalue weighted by molar-refractivity contribution is -0.186. The molecule has 1 aromatic carbocycles. The number of hydrogen-bond donors (Lipinski definition) is 0. The predicted octanol–water partition coefficient (Wildman–Crippen LogP) is 2.56. The van der Waals surface area contributed by atoms with E-state index in [9.17, 15) is 52.7 Å². The Kier molecular flexibility index (Phi) is 23.6. The molecule has 1 rings (SSSR count). The molecule has 9 atom stereocenters. The van der Waals surface area contributed by atoms with E-state index in [4.69, 9.17) is 52.1 Å². The first-order valence-corrected chi connectivity index (χ1v) is 21.4. The van der Waals surface area contributed by atoms with Crippen LogP contribution in [-0.4, -0.2) is 145 Å². The van der Waals surface area contributed by atoms with E-state index < -0.39 is 115 Å². The molecule has 23 nitrogen and oxygen atoms in total. The summed E-state index contributed by atoms with van der Waals surface area (Å²) in [6.45, 7) is 20.9. The number of amides is 1. The van der Waals surface area contributed by atoms with Gasteiger partial charge >= 0.3 is 59.7 Å². The van der Waals surface area contributed by atoms with Gasteiger partial charge < -0.3 is 57.0 Å². The van der Waals surface area contributed by atoms with Gasteiger partial charge in [0.25, 0.3) is 0 Å². The summed E-state index contributed by atoms with van der Waals surface area (Å²) in [4.78, 5) is 137. The Morgan fingerprint density at radius 3 is 1.06 bits per heavy atom. The van der Waals surface area contributed by atoms with E-state index in [1.54, 1.807) is 34.6 Å². The maximum absolute atomic E-state index is 13.3. The Morgan fingerprint density at radius 1 is 0.441 bits per heavy atom. The second-order valence-electron chi connectivity index (χ2n) is 15.8. The standard InChI is InChI=1S/C45H63NO22/c1-20(2)46(32(14)47)18-35(67-44(56)30(12)65-42(54)28(10)63-40(52)26(8)61-38(50)24(6)59-33(15)48)19-58-36-17-21(3)37(23(5)22(36)4)68-45(57)31(13)66-43(55)29(11)64-41(53)27(9)62-39(51)25(7)60-34(16)49/h17,20,24-31,35H,18-19H2,1-16H3. The molecule has 1 amide bonds. The summed E-state index contributed by atoms with van der Waals surface area (Å²) in [7, 11) is 0. The van der Waals surface area contributed by atoms with E-state index in [1.807, 2.05) is 0 Å². The van der Waals surface area contributed by atoms with Crippen LogP contribution < -0.4 is 9.47 Å². The highest BCUT2D eigenvalue weighted by Crippen LogP contribution is 2.34. The molecule has 0 radical (unpaired) electrons. The third kappa shape index (κ3) is 19.2. The van der Waals surface area contributed by atoms with Crippen molar-refractivity contribution in [1.82, 2.24) is 4.90 Å². The molecule has 0 aliphatic rings. The molecule has 0 bridgehead atoms. The molecule has 68 heavy (non-hydrogen) atoms. The van der Waals surface area contributed by atoms with Crippen molar-refractivity contribution < 1.29 is 105 Å². The fraction of sp³-hybridized carbons (Fsp3) is 0.622. The van der Waals surface area contributed by atoms with Gasteiger partial charge in [0.2, 0.25) is 5.91 Å². The van der Waals surface area contributed by atoms with Crippen LogP contribution in [0, 0.1) is 20.8 Å². The minimum atomic E-state index is -1.57. The summed E-state index contributed by atoms with van der Waals surface area (Å²) in [5.74, 6) is -10.1. The topological polar surface area (TPSA) is 293 Å². The summed E-state index contributed by atoms with van der Waals surface area (Å²) in [5, 5.41) is 0. The lowest BCUT2D eigenvalue weighted by Crippen LogP contribution is -2.45. The SMILES string of the molecule is CC(=O)OC(C)C(=O)OC(C)C(=O)OC(C)C(=O)OC(C)C(=O)Oc1c(C)cc(OCC(CN(C(C)=O)C(C)C)OC(=O)C(C)OC(=O)C(C)OC(=O)C(C)OC(=O)C(C)OC(C)=O)c(C)c1C. The van der Waals surface area contributed by atoms with E-state index in [1.165, 1.54) is 59.4 Å². The van der Waals surface area contributed by atoms with Crippen LogP contribution in [0.15, 0.2) is 6.07 Å². The quantitative estimate of drug-likeness (QED) is 0.0817. The second-order valence-corrected chi connectivity index (χ2v) is 15.8. The van der Waals surface area contributed by atoms with Crippen molar-refractivity contribution in [3.8, 4) is 11.5 Å². The largest absolute Gasteiger partial charge is 0.489 e. The summed E-state index contributed by atoms with van der Waals surface area (Å²) in [6, 6.07) is 1.19. The summed E-state index contributed by atoms with van der Waals surface area (Å²) < 4.78 is 57.0. The van der Waals surface area contributed by atoms with Crippen molar-refractivity contribution in [2.45, 2.75) is 172 Å². The van der Waals surface area contributed by atoms with Gasteiger partial charge in [-0.25, -0.2) is 38.4 Å². The van der Waals surface area contributed by atoms with Crippen LogP contribution in [0.4, 0.5) is 0 Å². The zero-order chi connectivity index (χ0) is 52.5. The fourth-order valence-electron chi connectivity index (χ4n) is 5.50. The van der Waals surface area contributed by atoms with Gasteiger partial charge in [-0.05, 0) is 113 Å². The first-order chi connectivity index (χ1) is 31.4. The molecule has 0 heterocycles. The number of hydrogen-bond acceptors (Lipinski definition) is 22. The molecule has 0 saturated heterocycles. The molecule has 0 spiro atoms. The minimum Gasteiger partial charge on any atom is -0.489 e. The maximum atomic E-state index is 13.3. The van der Waals surface area contributed by atoms with Crippen molar-refractivity contribution in [2.75, 3.05) is 13.2 Å². The van der Waals surface area contributed by atoms with Gasteiger partial charge in [-0.15, -0.1) is 0 Å². The van der Waals surface area contributed by atoms with Crippen LogP contribution in [-0.2, 0) is 95.4 Å². The fourth-order valence-corrected chi connectivity index (χ4v) is 5.50. The van der Waals surface area contributed by atoms with E-state index in [0.29, 0.717) is 16.7 Å². The van der Waals surface area contributed by atoms with Gasteiger partial charge in [-0.3, -0.25) is 14.4 Å². The predicted molar refractivity (Wildman–Crippen MR) is 230 cm³/mol. The third-order valence-corrected chi connectivity index (χ3v) is 9.42. The Bertz CT molecular complexity index is 2040. The normalized spacial score (nSPS) is 14.8. The number of rotatable bonds is 24. The van der Waals surface area contributed by atoms with Gasteiger partial charge in [-0.1, -0.05) is 0 Å². The molecule has 9 unspecified atom stereocenters. The highest BCUT2D eigenvalue weighted by molar-refractivity contribution is 5.87. The number of carbonyl (C=O) groups is 11. The van der Waals surface area contributed by atoms with Gasteiger partial charge in [-0.2, -0.15) is 0 Å². The van der Waals surface area contributed by atoms with E-state index in [0.717, 1.165) is 27.7 Å². The monoisotopic (exact) mass is 969 g/mol. The molecule has 0 fully saturated rings. The first-order valence-electron chi connectivity index (χ1n) is 21.4. The van der Waals surface area contributed by atoms with Crippen LogP contribution >= 0.6 is 0 Å². The number of aryl methyl sites for hydroxylation is 1. The van der Waals surface area contributed by atoms with Crippen LogP contribution in [0.2, 0.25) is 0 Å². The Labute approximate surface area is 393 Å². The van der Waals surface area contributed by atoms with Gasteiger partial charge in [0.05, 0.1) is 6.54 Å². The van der Waals surface area contributed by atoms with Crippen LogP contribution in [0.25, 0.3) is 0 Å². The van der Waals surface area contributed by atoms with Crippen LogP contribution in [0.1, 0.15) is 107 Å². The molecule has 0 N–H and O–H groups in total.